The summed E-state index contributed by atoms with van der Waals surface area (Å²) in [7, 11) is 1.73. The number of methoxy groups -OCH3 is 1. The first-order chi connectivity index (χ1) is 7.06. The maximum atomic E-state index is 5.82. The van der Waals surface area contributed by atoms with E-state index in [1.807, 2.05) is 6.92 Å². The van der Waals surface area contributed by atoms with Crippen molar-refractivity contribution in [1.82, 2.24) is 0 Å². The van der Waals surface area contributed by atoms with Crippen molar-refractivity contribution in [2.24, 2.45) is 5.73 Å². The summed E-state index contributed by atoms with van der Waals surface area (Å²) >= 11 is 0. The maximum absolute atomic E-state index is 5.82. The average molecular weight is 207 g/mol. The predicted molar refractivity (Wildman–Crippen MR) is 64.4 cm³/mol. The van der Waals surface area contributed by atoms with Gasteiger partial charge in [0.25, 0.3) is 0 Å². The van der Waals surface area contributed by atoms with E-state index in [0.717, 1.165) is 12.2 Å². The van der Waals surface area contributed by atoms with Gasteiger partial charge in [0.15, 0.2) is 0 Å². The molecule has 0 aliphatic rings. The third-order valence-corrected chi connectivity index (χ3v) is 2.70. The zero-order chi connectivity index (χ0) is 11.4. The standard InChI is InChI=1S/C13H21NO/c1-9-6-5-7-12(13(9)15-4)10(2)8-11(3)14/h5-7,10-11H,8,14H2,1-4H3. The van der Waals surface area contributed by atoms with Crippen LogP contribution in [-0.2, 0) is 0 Å². The third-order valence-electron chi connectivity index (χ3n) is 2.70. The second-order valence-electron chi connectivity index (χ2n) is 4.31. The molecule has 2 unspecified atom stereocenters. The van der Waals surface area contributed by atoms with E-state index in [2.05, 4.69) is 32.0 Å². The second kappa shape index (κ2) is 5.17. The summed E-state index contributed by atoms with van der Waals surface area (Å²) in [6, 6.07) is 6.50. The van der Waals surface area contributed by atoms with Crippen LogP contribution in [0.2, 0.25) is 0 Å². The molecule has 2 atom stereocenters. The average Bonchev–Trinajstić information content (AvgIpc) is 2.16. The van der Waals surface area contributed by atoms with E-state index in [-0.39, 0.29) is 6.04 Å². The van der Waals surface area contributed by atoms with E-state index in [1.54, 1.807) is 7.11 Å². The molecule has 1 aromatic rings. The fourth-order valence-corrected chi connectivity index (χ4v) is 2.03. The summed E-state index contributed by atoms with van der Waals surface area (Å²) in [6.45, 7) is 6.31. The zero-order valence-electron chi connectivity index (χ0n) is 10.1. The monoisotopic (exact) mass is 207 g/mol. The second-order valence-corrected chi connectivity index (χ2v) is 4.31. The van der Waals surface area contributed by atoms with Gasteiger partial charge in [-0.1, -0.05) is 25.1 Å². The molecular weight excluding hydrogens is 186 g/mol. The summed E-state index contributed by atoms with van der Waals surface area (Å²) in [6.07, 6.45) is 0.986. The molecule has 0 aromatic heterocycles. The lowest BCUT2D eigenvalue weighted by Gasteiger charge is -2.18. The van der Waals surface area contributed by atoms with Gasteiger partial charge in [-0.3, -0.25) is 0 Å². The Morgan fingerprint density at radius 2 is 2.00 bits per heavy atom. The normalized spacial score (nSPS) is 14.7. The molecule has 0 amide bonds. The van der Waals surface area contributed by atoms with Crippen LogP contribution < -0.4 is 10.5 Å². The Morgan fingerprint density at radius 3 is 2.53 bits per heavy atom. The molecule has 0 fully saturated rings. The van der Waals surface area contributed by atoms with Crippen LogP contribution in [-0.4, -0.2) is 13.2 Å². The molecule has 84 valence electrons. The Kier molecular flexibility index (Phi) is 4.15. The first kappa shape index (κ1) is 12.1. The van der Waals surface area contributed by atoms with Crippen molar-refractivity contribution >= 4 is 0 Å². The molecule has 15 heavy (non-hydrogen) atoms. The van der Waals surface area contributed by atoms with Crippen LogP contribution in [0.5, 0.6) is 5.75 Å². The highest BCUT2D eigenvalue weighted by molar-refractivity contribution is 5.42. The highest BCUT2D eigenvalue weighted by atomic mass is 16.5. The first-order valence-electron chi connectivity index (χ1n) is 5.45. The highest BCUT2D eigenvalue weighted by Crippen LogP contribution is 2.31. The molecule has 2 heteroatoms. The Balaban J connectivity index is 2.97. The minimum atomic E-state index is 0.227. The van der Waals surface area contributed by atoms with Crippen molar-refractivity contribution in [3.8, 4) is 5.75 Å². The van der Waals surface area contributed by atoms with Gasteiger partial charge >= 0.3 is 0 Å². The van der Waals surface area contributed by atoms with Gasteiger partial charge in [-0.15, -0.1) is 0 Å². The molecule has 0 aliphatic heterocycles. The van der Waals surface area contributed by atoms with E-state index in [1.165, 1.54) is 11.1 Å². The summed E-state index contributed by atoms with van der Waals surface area (Å²) in [5, 5.41) is 0. The largest absolute Gasteiger partial charge is 0.496 e. The fourth-order valence-electron chi connectivity index (χ4n) is 2.03. The van der Waals surface area contributed by atoms with E-state index < -0.39 is 0 Å². The van der Waals surface area contributed by atoms with Gasteiger partial charge in [-0.2, -0.15) is 0 Å². The van der Waals surface area contributed by atoms with Crippen LogP contribution in [0, 0.1) is 6.92 Å². The predicted octanol–water partition coefficient (Wildman–Crippen LogP) is 2.84. The van der Waals surface area contributed by atoms with Crippen LogP contribution in [0.4, 0.5) is 0 Å². The van der Waals surface area contributed by atoms with Gasteiger partial charge in [0.2, 0.25) is 0 Å². The fraction of sp³-hybridized carbons (Fsp3) is 0.538. The SMILES string of the molecule is COc1c(C)cccc1C(C)CC(C)N. The van der Waals surface area contributed by atoms with Crippen molar-refractivity contribution in [3.63, 3.8) is 0 Å². The van der Waals surface area contributed by atoms with Gasteiger partial charge in [0.05, 0.1) is 7.11 Å². The van der Waals surface area contributed by atoms with Crippen LogP contribution in [0.25, 0.3) is 0 Å². The molecular formula is C13H21NO. The van der Waals surface area contributed by atoms with Crippen molar-refractivity contribution in [2.45, 2.75) is 39.2 Å². The third kappa shape index (κ3) is 2.96. The summed E-state index contributed by atoms with van der Waals surface area (Å²) in [4.78, 5) is 0. The minimum absolute atomic E-state index is 0.227. The maximum Gasteiger partial charge on any atom is 0.125 e. The molecule has 0 heterocycles. The lowest BCUT2D eigenvalue weighted by Crippen LogP contribution is -2.17. The van der Waals surface area contributed by atoms with E-state index in [4.69, 9.17) is 10.5 Å². The smallest absolute Gasteiger partial charge is 0.125 e. The zero-order valence-corrected chi connectivity index (χ0v) is 10.1. The Bertz CT molecular complexity index is 320. The van der Waals surface area contributed by atoms with Gasteiger partial charge in [-0.05, 0) is 37.3 Å². The molecule has 1 rings (SSSR count). The number of hydrogen-bond donors (Lipinski definition) is 1. The van der Waals surface area contributed by atoms with Gasteiger partial charge < -0.3 is 10.5 Å². The lowest BCUT2D eigenvalue weighted by molar-refractivity contribution is 0.400. The van der Waals surface area contributed by atoms with Crippen molar-refractivity contribution in [3.05, 3.63) is 29.3 Å². The quantitative estimate of drug-likeness (QED) is 0.824. The molecule has 2 nitrogen and oxygen atoms in total. The van der Waals surface area contributed by atoms with Crippen molar-refractivity contribution in [1.29, 1.82) is 0 Å². The molecule has 0 spiro atoms. The van der Waals surface area contributed by atoms with Gasteiger partial charge in [0, 0.05) is 6.04 Å². The number of hydrogen-bond acceptors (Lipinski definition) is 2. The van der Waals surface area contributed by atoms with E-state index >= 15 is 0 Å². The molecule has 0 bridgehead atoms. The summed E-state index contributed by atoms with van der Waals surface area (Å²) < 4.78 is 5.44. The number of para-hydroxylation sites is 1. The molecule has 0 aliphatic carbocycles. The van der Waals surface area contributed by atoms with Crippen LogP contribution in [0.1, 0.15) is 37.3 Å². The van der Waals surface area contributed by atoms with E-state index in [0.29, 0.717) is 5.92 Å². The molecule has 1 aromatic carbocycles. The molecule has 2 N–H and O–H groups in total. The van der Waals surface area contributed by atoms with E-state index in [9.17, 15) is 0 Å². The van der Waals surface area contributed by atoms with Crippen molar-refractivity contribution in [2.75, 3.05) is 7.11 Å². The Labute approximate surface area is 92.4 Å². The van der Waals surface area contributed by atoms with Gasteiger partial charge in [-0.25, -0.2) is 0 Å². The van der Waals surface area contributed by atoms with Crippen LogP contribution >= 0.6 is 0 Å². The van der Waals surface area contributed by atoms with Crippen LogP contribution in [0.15, 0.2) is 18.2 Å². The van der Waals surface area contributed by atoms with Crippen LogP contribution in [0.3, 0.4) is 0 Å². The first-order valence-corrected chi connectivity index (χ1v) is 5.45. The lowest BCUT2D eigenvalue weighted by atomic mass is 9.92. The summed E-state index contributed by atoms with van der Waals surface area (Å²) in [5.74, 6) is 1.45. The minimum Gasteiger partial charge on any atom is -0.496 e. The summed E-state index contributed by atoms with van der Waals surface area (Å²) in [5.41, 5.74) is 8.27. The Hall–Kier alpha value is -1.02. The highest BCUT2D eigenvalue weighted by Gasteiger charge is 2.14. The molecule has 0 radical (unpaired) electrons. The number of aryl methyl sites for hydroxylation is 1. The van der Waals surface area contributed by atoms with Gasteiger partial charge in [0.1, 0.15) is 5.75 Å². The number of rotatable bonds is 4. The number of nitrogens with two attached hydrogens (primary N) is 1. The number of ether oxygens (including phenoxy) is 1. The molecule has 0 saturated heterocycles. The number of benzene rings is 1. The van der Waals surface area contributed by atoms with Crippen molar-refractivity contribution < 1.29 is 4.74 Å². The Morgan fingerprint density at radius 1 is 1.33 bits per heavy atom. The molecule has 0 saturated carbocycles. The topological polar surface area (TPSA) is 35.2 Å².